The van der Waals surface area contributed by atoms with E-state index < -0.39 is 0 Å². The predicted octanol–water partition coefficient (Wildman–Crippen LogP) is 2.25. The molecule has 2 rings (SSSR count). The van der Waals surface area contributed by atoms with Gasteiger partial charge < -0.3 is 10.5 Å². The number of hydrogen-bond acceptors (Lipinski definition) is 3. The van der Waals surface area contributed by atoms with E-state index in [1.807, 2.05) is 0 Å². The minimum atomic E-state index is 0.395. The summed E-state index contributed by atoms with van der Waals surface area (Å²) in [6.45, 7) is 4.16. The minimum Gasteiger partial charge on any atom is -0.383 e. The van der Waals surface area contributed by atoms with Gasteiger partial charge in [-0.1, -0.05) is 44.9 Å². The molecule has 18 heavy (non-hydrogen) atoms. The van der Waals surface area contributed by atoms with Crippen LogP contribution in [0.1, 0.15) is 44.9 Å². The Labute approximate surface area is 112 Å². The molecule has 1 unspecified atom stereocenters. The van der Waals surface area contributed by atoms with Crippen LogP contribution in [0, 0.1) is 11.8 Å². The zero-order valence-corrected chi connectivity index (χ0v) is 11.9. The van der Waals surface area contributed by atoms with Crippen LogP contribution in [0.3, 0.4) is 0 Å². The normalized spacial score (nSPS) is 32.3. The molecule has 0 amide bonds. The molecule has 3 nitrogen and oxygen atoms in total. The maximum absolute atomic E-state index is 6.38. The highest BCUT2D eigenvalue weighted by atomic mass is 16.5. The smallest absolute Gasteiger partial charge is 0.0589 e. The lowest BCUT2D eigenvalue weighted by atomic mass is 9.80. The van der Waals surface area contributed by atoms with Crippen molar-refractivity contribution in [1.29, 1.82) is 0 Å². The van der Waals surface area contributed by atoms with Crippen molar-refractivity contribution in [1.82, 2.24) is 4.90 Å². The van der Waals surface area contributed by atoms with Crippen LogP contribution in [0.5, 0.6) is 0 Å². The molecule has 0 aromatic rings. The third-order valence-corrected chi connectivity index (χ3v) is 4.85. The number of likely N-dealkylation sites (tertiary alicyclic amines) is 1. The largest absolute Gasteiger partial charge is 0.383 e. The summed E-state index contributed by atoms with van der Waals surface area (Å²) in [5.41, 5.74) is 6.38. The number of nitrogens with two attached hydrogens (primary N) is 1. The summed E-state index contributed by atoms with van der Waals surface area (Å²) in [7, 11) is 1.78. The summed E-state index contributed by atoms with van der Waals surface area (Å²) >= 11 is 0. The highest BCUT2D eigenvalue weighted by molar-refractivity contribution is 4.90. The van der Waals surface area contributed by atoms with Gasteiger partial charge in [-0.2, -0.15) is 0 Å². The van der Waals surface area contributed by atoms with Crippen molar-refractivity contribution in [3.8, 4) is 0 Å². The summed E-state index contributed by atoms with van der Waals surface area (Å²) < 4.78 is 5.17. The molecule has 1 saturated carbocycles. The Morgan fingerprint density at radius 2 is 1.72 bits per heavy atom. The first-order valence-corrected chi connectivity index (χ1v) is 7.78. The molecule has 2 atom stereocenters. The molecule has 1 heterocycles. The SMILES string of the molecule is COCCN1CC(C2CCCCCCC2)[C@H](N)C1. The topological polar surface area (TPSA) is 38.5 Å². The van der Waals surface area contributed by atoms with Crippen LogP contribution >= 0.6 is 0 Å². The Balaban J connectivity index is 1.83. The Hall–Kier alpha value is -0.120. The van der Waals surface area contributed by atoms with E-state index in [9.17, 15) is 0 Å². The second kappa shape index (κ2) is 7.46. The van der Waals surface area contributed by atoms with Crippen LogP contribution in [0.15, 0.2) is 0 Å². The van der Waals surface area contributed by atoms with Crippen molar-refractivity contribution in [2.75, 3.05) is 33.4 Å². The van der Waals surface area contributed by atoms with Crippen LogP contribution in [-0.4, -0.2) is 44.3 Å². The van der Waals surface area contributed by atoms with Crippen molar-refractivity contribution >= 4 is 0 Å². The van der Waals surface area contributed by atoms with Crippen LogP contribution in [0.2, 0.25) is 0 Å². The van der Waals surface area contributed by atoms with E-state index in [0.29, 0.717) is 6.04 Å². The van der Waals surface area contributed by atoms with E-state index in [1.165, 1.54) is 51.5 Å². The first kappa shape index (κ1) is 14.3. The fraction of sp³-hybridized carbons (Fsp3) is 1.00. The third-order valence-electron chi connectivity index (χ3n) is 4.85. The van der Waals surface area contributed by atoms with Gasteiger partial charge in [0.1, 0.15) is 0 Å². The average molecular weight is 254 g/mol. The van der Waals surface area contributed by atoms with E-state index >= 15 is 0 Å². The lowest BCUT2D eigenvalue weighted by Gasteiger charge is -2.28. The second-order valence-corrected chi connectivity index (χ2v) is 6.19. The molecular weight excluding hydrogens is 224 g/mol. The van der Waals surface area contributed by atoms with E-state index in [2.05, 4.69) is 4.90 Å². The quantitative estimate of drug-likeness (QED) is 0.836. The molecule has 2 aliphatic rings. The van der Waals surface area contributed by atoms with Crippen molar-refractivity contribution in [2.45, 2.75) is 51.0 Å². The number of methoxy groups -OCH3 is 1. The molecule has 1 aliphatic carbocycles. The lowest BCUT2D eigenvalue weighted by molar-refractivity contribution is 0.155. The molecule has 2 N–H and O–H groups in total. The number of hydrogen-bond donors (Lipinski definition) is 1. The molecule has 0 aromatic heterocycles. The van der Waals surface area contributed by atoms with Gasteiger partial charge in [-0.05, 0) is 11.8 Å². The lowest BCUT2D eigenvalue weighted by Crippen LogP contribution is -2.34. The molecule has 1 aliphatic heterocycles. The van der Waals surface area contributed by atoms with Gasteiger partial charge in [0.2, 0.25) is 0 Å². The monoisotopic (exact) mass is 254 g/mol. The summed E-state index contributed by atoms with van der Waals surface area (Å²) in [6.07, 6.45) is 9.99. The fourth-order valence-electron chi connectivity index (χ4n) is 3.76. The van der Waals surface area contributed by atoms with Crippen LogP contribution in [0.4, 0.5) is 0 Å². The zero-order valence-electron chi connectivity index (χ0n) is 11.9. The van der Waals surface area contributed by atoms with Gasteiger partial charge in [0.15, 0.2) is 0 Å². The van der Waals surface area contributed by atoms with Crippen LogP contribution in [0.25, 0.3) is 0 Å². The van der Waals surface area contributed by atoms with E-state index in [0.717, 1.165) is 31.5 Å². The second-order valence-electron chi connectivity index (χ2n) is 6.19. The first-order chi connectivity index (χ1) is 8.81. The molecule has 106 valence electrons. The standard InChI is InChI=1S/C15H30N2O/c1-18-10-9-17-11-14(15(16)12-17)13-7-5-3-2-4-6-8-13/h13-15H,2-12,16H2,1H3/t14?,15-/m1/s1. The molecule has 3 heteroatoms. The third kappa shape index (κ3) is 3.94. The van der Waals surface area contributed by atoms with Crippen LogP contribution in [-0.2, 0) is 4.74 Å². The molecular formula is C15H30N2O. The van der Waals surface area contributed by atoms with E-state index in [1.54, 1.807) is 7.11 Å². The molecule has 0 radical (unpaired) electrons. The maximum Gasteiger partial charge on any atom is 0.0589 e. The zero-order chi connectivity index (χ0) is 12.8. The maximum atomic E-state index is 6.38. The van der Waals surface area contributed by atoms with Crippen molar-refractivity contribution < 1.29 is 4.74 Å². The van der Waals surface area contributed by atoms with Crippen molar-refractivity contribution in [3.63, 3.8) is 0 Å². The number of nitrogens with zero attached hydrogens (tertiary/aromatic N) is 1. The van der Waals surface area contributed by atoms with Crippen LogP contribution < -0.4 is 5.73 Å². The van der Waals surface area contributed by atoms with Gasteiger partial charge in [-0.15, -0.1) is 0 Å². The van der Waals surface area contributed by atoms with Gasteiger partial charge in [0.05, 0.1) is 6.61 Å². The van der Waals surface area contributed by atoms with Crippen molar-refractivity contribution in [3.05, 3.63) is 0 Å². The van der Waals surface area contributed by atoms with E-state index in [4.69, 9.17) is 10.5 Å². The fourth-order valence-corrected chi connectivity index (χ4v) is 3.76. The Bertz CT molecular complexity index is 227. The average Bonchev–Trinajstić information content (AvgIpc) is 2.68. The molecule has 0 aromatic carbocycles. The molecule has 2 fully saturated rings. The van der Waals surface area contributed by atoms with Crippen molar-refractivity contribution in [2.24, 2.45) is 17.6 Å². The summed E-state index contributed by atoms with van der Waals surface area (Å²) in [5, 5.41) is 0. The Morgan fingerprint density at radius 1 is 1.06 bits per heavy atom. The Kier molecular flexibility index (Phi) is 5.93. The van der Waals surface area contributed by atoms with Gasteiger partial charge in [-0.3, -0.25) is 4.90 Å². The molecule has 0 bridgehead atoms. The number of rotatable bonds is 4. The van der Waals surface area contributed by atoms with E-state index in [-0.39, 0.29) is 0 Å². The summed E-state index contributed by atoms with van der Waals surface area (Å²) in [6, 6.07) is 0.395. The molecule has 1 saturated heterocycles. The van der Waals surface area contributed by atoms with Gasteiger partial charge in [-0.25, -0.2) is 0 Å². The predicted molar refractivity (Wildman–Crippen MR) is 75.6 cm³/mol. The summed E-state index contributed by atoms with van der Waals surface area (Å²) in [4.78, 5) is 2.50. The van der Waals surface area contributed by atoms with Gasteiger partial charge in [0, 0.05) is 32.8 Å². The highest BCUT2D eigenvalue weighted by Gasteiger charge is 2.35. The Morgan fingerprint density at radius 3 is 2.39 bits per heavy atom. The number of ether oxygens (including phenoxy) is 1. The minimum absolute atomic E-state index is 0.395. The highest BCUT2D eigenvalue weighted by Crippen LogP contribution is 2.33. The first-order valence-electron chi connectivity index (χ1n) is 7.78. The molecule has 0 spiro atoms. The van der Waals surface area contributed by atoms with Gasteiger partial charge >= 0.3 is 0 Å². The van der Waals surface area contributed by atoms with Gasteiger partial charge in [0.25, 0.3) is 0 Å². The summed E-state index contributed by atoms with van der Waals surface area (Å²) in [5.74, 6) is 1.62.